The van der Waals surface area contributed by atoms with Gasteiger partial charge in [0.2, 0.25) is 5.91 Å². The lowest BCUT2D eigenvalue weighted by atomic mass is 10.0. The zero-order valence-corrected chi connectivity index (χ0v) is 13.3. The summed E-state index contributed by atoms with van der Waals surface area (Å²) in [5.74, 6) is 0.727. The maximum Gasteiger partial charge on any atom is 0.233 e. The SMILES string of the molecule is CC(C)C(=O)c1ccc(SCC(=O)N2CCOCC2)cc1. The second-order valence-corrected chi connectivity index (χ2v) is 6.37. The van der Waals surface area contributed by atoms with Crippen molar-refractivity contribution in [1.29, 1.82) is 0 Å². The maximum absolute atomic E-state index is 12.0. The van der Waals surface area contributed by atoms with E-state index in [1.54, 1.807) is 0 Å². The Balaban J connectivity index is 1.86. The summed E-state index contributed by atoms with van der Waals surface area (Å²) in [5, 5.41) is 0. The minimum Gasteiger partial charge on any atom is -0.378 e. The molecule has 21 heavy (non-hydrogen) atoms. The van der Waals surface area contributed by atoms with Gasteiger partial charge in [-0.05, 0) is 12.1 Å². The first-order chi connectivity index (χ1) is 10.1. The molecule has 4 nitrogen and oxygen atoms in total. The number of ether oxygens (including phenoxy) is 1. The highest BCUT2D eigenvalue weighted by atomic mass is 32.2. The Morgan fingerprint density at radius 1 is 1.19 bits per heavy atom. The molecule has 1 aliphatic rings. The van der Waals surface area contributed by atoms with Crippen LogP contribution in [0.5, 0.6) is 0 Å². The highest BCUT2D eigenvalue weighted by molar-refractivity contribution is 8.00. The summed E-state index contributed by atoms with van der Waals surface area (Å²) in [4.78, 5) is 26.7. The summed E-state index contributed by atoms with van der Waals surface area (Å²) >= 11 is 1.51. The predicted molar refractivity (Wildman–Crippen MR) is 83.7 cm³/mol. The lowest BCUT2D eigenvalue weighted by molar-refractivity contribution is -0.132. The van der Waals surface area contributed by atoms with Crippen LogP contribution in [0.15, 0.2) is 29.2 Å². The highest BCUT2D eigenvalue weighted by Gasteiger charge is 2.17. The fraction of sp³-hybridized carbons (Fsp3) is 0.500. The maximum atomic E-state index is 12.0. The Morgan fingerprint density at radius 2 is 1.81 bits per heavy atom. The van der Waals surface area contributed by atoms with Crippen LogP contribution in [0.2, 0.25) is 0 Å². The summed E-state index contributed by atoms with van der Waals surface area (Å²) < 4.78 is 5.23. The first kappa shape index (κ1) is 16.0. The molecule has 5 heteroatoms. The first-order valence-corrected chi connectivity index (χ1v) is 8.19. The monoisotopic (exact) mass is 307 g/mol. The minimum absolute atomic E-state index is 0.00593. The molecule has 0 radical (unpaired) electrons. The molecule has 1 aromatic carbocycles. The van der Waals surface area contributed by atoms with Crippen molar-refractivity contribution in [1.82, 2.24) is 4.90 Å². The van der Waals surface area contributed by atoms with Crippen LogP contribution in [-0.4, -0.2) is 48.6 Å². The Morgan fingerprint density at radius 3 is 2.38 bits per heavy atom. The molecule has 2 rings (SSSR count). The van der Waals surface area contributed by atoms with E-state index in [-0.39, 0.29) is 17.6 Å². The van der Waals surface area contributed by atoms with Crippen molar-refractivity contribution in [2.45, 2.75) is 18.7 Å². The van der Waals surface area contributed by atoms with Crippen LogP contribution in [-0.2, 0) is 9.53 Å². The largest absolute Gasteiger partial charge is 0.378 e. The van der Waals surface area contributed by atoms with Crippen molar-refractivity contribution in [3.8, 4) is 0 Å². The average Bonchev–Trinajstić information content (AvgIpc) is 2.53. The molecule has 1 saturated heterocycles. The summed E-state index contributed by atoms with van der Waals surface area (Å²) in [6.07, 6.45) is 0. The van der Waals surface area contributed by atoms with Crippen molar-refractivity contribution in [3.05, 3.63) is 29.8 Å². The molecule has 0 unspecified atom stereocenters. The van der Waals surface area contributed by atoms with Crippen LogP contribution in [0.3, 0.4) is 0 Å². The van der Waals surface area contributed by atoms with Gasteiger partial charge in [0.1, 0.15) is 0 Å². The second kappa shape index (κ2) is 7.61. The average molecular weight is 307 g/mol. The number of amides is 1. The predicted octanol–water partition coefficient (Wildman–Crippen LogP) is 2.48. The molecule has 0 aliphatic carbocycles. The van der Waals surface area contributed by atoms with Crippen molar-refractivity contribution < 1.29 is 14.3 Å². The van der Waals surface area contributed by atoms with Gasteiger partial charge in [-0.25, -0.2) is 0 Å². The molecule has 0 atom stereocenters. The number of thioether (sulfide) groups is 1. The summed E-state index contributed by atoms with van der Waals surface area (Å²) in [7, 11) is 0. The molecule has 0 spiro atoms. The highest BCUT2D eigenvalue weighted by Crippen LogP contribution is 2.20. The van der Waals surface area contributed by atoms with Gasteiger partial charge in [0.25, 0.3) is 0 Å². The van der Waals surface area contributed by atoms with Gasteiger partial charge in [-0.1, -0.05) is 26.0 Å². The van der Waals surface area contributed by atoms with Crippen molar-refractivity contribution >= 4 is 23.5 Å². The number of morpholine rings is 1. The van der Waals surface area contributed by atoms with E-state index in [1.807, 2.05) is 43.0 Å². The van der Waals surface area contributed by atoms with E-state index in [9.17, 15) is 9.59 Å². The van der Waals surface area contributed by atoms with Crippen LogP contribution in [0, 0.1) is 5.92 Å². The number of hydrogen-bond acceptors (Lipinski definition) is 4. The van der Waals surface area contributed by atoms with Gasteiger partial charge >= 0.3 is 0 Å². The van der Waals surface area contributed by atoms with E-state index in [4.69, 9.17) is 4.74 Å². The number of ketones is 1. The van der Waals surface area contributed by atoms with Crippen LogP contribution in [0.25, 0.3) is 0 Å². The van der Waals surface area contributed by atoms with Gasteiger partial charge in [0.05, 0.1) is 19.0 Å². The number of carbonyl (C=O) groups is 2. The molecule has 1 aliphatic heterocycles. The number of hydrogen-bond donors (Lipinski definition) is 0. The van der Waals surface area contributed by atoms with Gasteiger partial charge in [-0.2, -0.15) is 0 Å². The second-order valence-electron chi connectivity index (χ2n) is 5.33. The third-order valence-corrected chi connectivity index (χ3v) is 4.39. The van der Waals surface area contributed by atoms with E-state index in [1.165, 1.54) is 11.8 Å². The minimum atomic E-state index is 0.00593. The summed E-state index contributed by atoms with van der Waals surface area (Å²) in [6, 6.07) is 7.49. The van der Waals surface area contributed by atoms with E-state index < -0.39 is 0 Å². The zero-order valence-electron chi connectivity index (χ0n) is 12.5. The number of nitrogens with zero attached hydrogens (tertiary/aromatic N) is 1. The van der Waals surface area contributed by atoms with Crippen LogP contribution >= 0.6 is 11.8 Å². The molecule has 0 bridgehead atoms. The molecule has 1 amide bonds. The van der Waals surface area contributed by atoms with Gasteiger partial charge in [0, 0.05) is 29.5 Å². The van der Waals surface area contributed by atoms with Crippen LogP contribution in [0.1, 0.15) is 24.2 Å². The Kier molecular flexibility index (Phi) is 5.82. The topological polar surface area (TPSA) is 46.6 Å². The molecule has 0 N–H and O–H groups in total. The van der Waals surface area contributed by atoms with Crippen molar-refractivity contribution in [3.63, 3.8) is 0 Å². The van der Waals surface area contributed by atoms with E-state index in [0.29, 0.717) is 32.1 Å². The van der Waals surface area contributed by atoms with E-state index >= 15 is 0 Å². The van der Waals surface area contributed by atoms with Crippen LogP contribution < -0.4 is 0 Å². The Hall–Kier alpha value is -1.33. The number of rotatable bonds is 5. The first-order valence-electron chi connectivity index (χ1n) is 7.20. The van der Waals surface area contributed by atoms with Gasteiger partial charge in [-0.3, -0.25) is 9.59 Å². The van der Waals surface area contributed by atoms with Gasteiger partial charge in [-0.15, -0.1) is 11.8 Å². The van der Waals surface area contributed by atoms with Crippen molar-refractivity contribution in [2.24, 2.45) is 5.92 Å². The van der Waals surface area contributed by atoms with Gasteiger partial charge < -0.3 is 9.64 Å². The molecular formula is C16H21NO3S. The molecule has 1 heterocycles. The van der Waals surface area contributed by atoms with Crippen molar-refractivity contribution in [2.75, 3.05) is 32.1 Å². The number of Topliss-reactive ketones (excluding diaryl/α,β-unsaturated/α-hetero) is 1. The quantitative estimate of drug-likeness (QED) is 0.619. The Bertz CT molecular complexity index is 493. The standard InChI is InChI=1S/C16H21NO3S/c1-12(2)16(19)13-3-5-14(6-4-13)21-11-15(18)17-7-9-20-10-8-17/h3-6,12H,7-11H2,1-2H3. The molecular weight excluding hydrogens is 286 g/mol. The number of benzene rings is 1. The van der Waals surface area contributed by atoms with Gasteiger partial charge in [0.15, 0.2) is 5.78 Å². The van der Waals surface area contributed by atoms with E-state index in [2.05, 4.69) is 0 Å². The normalized spacial score (nSPS) is 15.3. The smallest absolute Gasteiger partial charge is 0.233 e. The Labute approximate surface area is 129 Å². The lowest BCUT2D eigenvalue weighted by Crippen LogP contribution is -2.41. The number of carbonyl (C=O) groups excluding carboxylic acids is 2. The molecule has 1 fully saturated rings. The molecule has 114 valence electrons. The fourth-order valence-electron chi connectivity index (χ4n) is 2.10. The zero-order chi connectivity index (χ0) is 15.2. The van der Waals surface area contributed by atoms with E-state index in [0.717, 1.165) is 10.5 Å². The van der Waals surface area contributed by atoms with Crippen LogP contribution in [0.4, 0.5) is 0 Å². The molecule has 1 aromatic rings. The lowest BCUT2D eigenvalue weighted by Gasteiger charge is -2.26. The summed E-state index contributed by atoms with van der Waals surface area (Å²) in [6.45, 7) is 6.41. The molecule has 0 saturated carbocycles. The third-order valence-electron chi connectivity index (χ3n) is 3.39. The fourth-order valence-corrected chi connectivity index (χ4v) is 2.90. The molecule has 0 aromatic heterocycles. The third kappa shape index (κ3) is 4.58. The summed E-state index contributed by atoms with van der Waals surface area (Å²) in [5.41, 5.74) is 0.730.